The predicted molar refractivity (Wildman–Crippen MR) is 93.6 cm³/mol. The van der Waals surface area contributed by atoms with Crippen molar-refractivity contribution >= 4 is 46.2 Å². The van der Waals surface area contributed by atoms with Crippen LogP contribution in [-0.2, 0) is 4.79 Å². The summed E-state index contributed by atoms with van der Waals surface area (Å²) in [4.78, 5) is 23.1. The molecule has 0 aromatic heterocycles. The van der Waals surface area contributed by atoms with E-state index in [1.54, 1.807) is 12.1 Å². The second kappa shape index (κ2) is 7.14. The fourth-order valence-corrected chi connectivity index (χ4v) is 2.29. The molecule has 0 aliphatic carbocycles. The Morgan fingerprint density at radius 1 is 1.04 bits per heavy atom. The first kappa shape index (κ1) is 16.8. The maximum Gasteiger partial charge on any atom is 0.337 e. The van der Waals surface area contributed by atoms with Crippen LogP contribution >= 0.6 is 22.6 Å². The lowest BCUT2D eigenvalue weighted by atomic mass is 10.1. The van der Waals surface area contributed by atoms with Gasteiger partial charge in [-0.1, -0.05) is 6.07 Å². The number of anilines is 1. The molecule has 0 heterocycles. The number of amides is 1. The molecule has 2 rings (SSSR count). The molecule has 1 amide bonds. The molecule has 2 aromatic rings. The van der Waals surface area contributed by atoms with Crippen LogP contribution in [0.2, 0.25) is 0 Å². The van der Waals surface area contributed by atoms with Gasteiger partial charge in [-0.15, -0.1) is 0 Å². The topological polar surface area (TPSA) is 107 Å². The molecule has 0 bridgehead atoms. The average molecular weight is 425 g/mol. The highest BCUT2D eigenvalue weighted by Crippen LogP contribution is 2.25. The van der Waals surface area contributed by atoms with E-state index in [1.165, 1.54) is 36.4 Å². The van der Waals surface area contributed by atoms with Crippen molar-refractivity contribution in [1.82, 2.24) is 0 Å². The van der Waals surface area contributed by atoms with Gasteiger partial charge in [0.25, 0.3) is 0 Å². The van der Waals surface area contributed by atoms with E-state index < -0.39 is 11.9 Å². The van der Waals surface area contributed by atoms with Gasteiger partial charge < -0.3 is 20.6 Å². The maximum atomic E-state index is 11.9. The summed E-state index contributed by atoms with van der Waals surface area (Å²) in [7, 11) is 0. The number of aromatic carboxylic acids is 1. The molecule has 0 fully saturated rings. The summed E-state index contributed by atoms with van der Waals surface area (Å²) in [5.41, 5.74) is 0.707. The Morgan fingerprint density at radius 3 is 2.43 bits per heavy atom. The number of benzene rings is 2. The van der Waals surface area contributed by atoms with Gasteiger partial charge in [-0.3, -0.25) is 4.79 Å². The van der Waals surface area contributed by atoms with Crippen molar-refractivity contribution in [2.24, 2.45) is 0 Å². The highest BCUT2D eigenvalue weighted by Gasteiger charge is 2.11. The summed E-state index contributed by atoms with van der Waals surface area (Å²) in [6.45, 7) is 0. The van der Waals surface area contributed by atoms with Gasteiger partial charge in [0.05, 0.1) is 11.3 Å². The standard InChI is InChI=1S/C16H12INO5/c17-10-3-4-11(16(22)23)12(8-10)18-15(21)6-2-9-1-5-13(19)14(20)7-9/h1-8,19-20H,(H,18,21)(H,22,23)/b6-2+. The third-order valence-corrected chi connectivity index (χ3v) is 3.57. The predicted octanol–water partition coefficient (Wildman–Crippen LogP) is 3.05. The van der Waals surface area contributed by atoms with Crippen LogP contribution in [0.5, 0.6) is 11.5 Å². The molecule has 0 spiro atoms. The SMILES string of the molecule is O=C(/C=C/c1ccc(O)c(O)c1)Nc1cc(I)ccc1C(=O)O. The van der Waals surface area contributed by atoms with Gasteiger partial charge in [-0.05, 0) is 64.6 Å². The Bertz CT molecular complexity index is 801. The van der Waals surface area contributed by atoms with Crippen molar-refractivity contribution in [1.29, 1.82) is 0 Å². The van der Waals surface area contributed by atoms with E-state index in [2.05, 4.69) is 5.32 Å². The van der Waals surface area contributed by atoms with Crippen LogP contribution in [0.4, 0.5) is 5.69 Å². The summed E-state index contributed by atoms with van der Waals surface area (Å²) in [6.07, 6.45) is 2.64. The maximum absolute atomic E-state index is 11.9. The van der Waals surface area contributed by atoms with Crippen LogP contribution in [0.3, 0.4) is 0 Å². The molecular weight excluding hydrogens is 413 g/mol. The minimum absolute atomic E-state index is 0.00514. The lowest BCUT2D eigenvalue weighted by molar-refractivity contribution is -0.111. The van der Waals surface area contributed by atoms with Crippen molar-refractivity contribution in [2.75, 3.05) is 5.32 Å². The van der Waals surface area contributed by atoms with Gasteiger partial charge in [0.2, 0.25) is 5.91 Å². The molecule has 0 atom stereocenters. The zero-order valence-electron chi connectivity index (χ0n) is 11.7. The second-order valence-electron chi connectivity index (χ2n) is 4.57. The first-order valence-electron chi connectivity index (χ1n) is 6.40. The molecule has 6 nitrogen and oxygen atoms in total. The van der Waals surface area contributed by atoms with E-state index in [-0.39, 0.29) is 22.7 Å². The van der Waals surface area contributed by atoms with E-state index in [0.29, 0.717) is 5.56 Å². The summed E-state index contributed by atoms with van der Waals surface area (Å²) in [6, 6.07) is 8.73. The lowest BCUT2D eigenvalue weighted by Gasteiger charge is -2.07. The summed E-state index contributed by atoms with van der Waals surface area (Å²) in [5, 5.41) is 30.2. The number of phenols is 2. The number of carboxylic acid groups (broad SMARTS) is 1. The zero-order chi connectivity index (χ0) is 17.0. The first-order chi connectivity index (χ1) is 10.9. The average Bonchev–Trinajstić information content (AvgIpc) is 2.48. The van der Waals surface area contributed by atoms with Crippen LogP contribution in [0.25, 0.3) is 6.08 Å². The Kier molecular flexibility index (Phi) is 5.22. The van der Waals surface area contributed by atoms with Crippen molar-refractivity contribution in [3.63, 3.8) is 0 Å². The van der Waals surface area contributed by atoms with E-state index in [0.717, 1.165) is 3.57 Å². The van der Waals surface area contributed by atoms with Gasteiger partial charge in [-0.2, -0.15) is 0 Å². The molecule has 0 saturated heterocycles. The Morgan fingerprint density at radius 2 is 1.78 bits per heavy atom. The monoisotopic (exact) mass is 425 g/mol. The fourth-order valence-electron chi connectivity index (χ4n) is 1.80. The molecule has 0 unspecified atom stereocenters. The Labute approximate surface area is 145 Å². The van der Waals surface area contributed by atoms with E-state index in [1.807, 2.05) is 22.6 Å². The number of phenolic OH excluding ortho intramolecular Hbond substituents is 2. The van der Waals surface area contributed by atoms with Crippen molar-refractivity contribution < 1.29 is 24.9 Å². The molecular formula is C16H12INO5. The molecule has 2 aromatic carbocycles. The van der Waals surface area contributed by atoms with Gasteiger partial charge >= 0.3 is 5.97 Å². The molecule has 7 heteroatoms. The van der Waals surface area contributed by atoms with E-state index in [9.17, 15) is 19.8 Å². The Hall–Kier alpha value is -2.55. The third kappa shape index (κ3) is 4.46. The number of halogens is 1. The van der Waals surface area contributed by atoms with Gasteiger partial charge in [0, 0.05) is 9.65 Å². The summed E-state index contributed by atoms with van der Waals surface area (Å²) >= 11 is 2.02. The van der Waals surface area contributed by atoms with Crippen LogP contribution in [0.15, 0.2) is 42.5 Å². The number of hydrogen-bond donors (Lipinski definition) is 4. The third-order valence-electron chi connectivity index (χ3n) is 2.90. The molecule has 0 radical (unpaired) electrons. The molecule has 4 N–H and O–H groups in total. The molecule has 118 valence electrons. The van der Waals surface area contributed by atoms with Crippen LogP contribution in [0, 0.1) is 3.57 Å². The number of carboxylic acids is 1. The zero-order valence-corrected chi connectivity index (χ0v) is 13.8. The molecule has 0 aliphatic heterocycles. The quantitative estimate of drug-likeness (QED) is 0.342. The van der Waals surface area contributed by atoms with E-state index >= 15 is 0 Å². The normalized spacial score (nSPS) is 10.7. The van der Waals surface area contributed by atoms with Crippen molar-refractivity contribution in [3.05, 3.63) is 57.2 Å². The van der Waals surface area contributed by atoms with Crippen molar-refractivity contribution in [2.45, 2.75) is 0 Å². The first-order valence-corrected chi connectivity index (χ1v) is 7.48. The van der Waals surface area contributed by atoms with Gasteiger partial charge in [0.15, 0.2) is 11.5 Å². The number of hydrogen-bond acceptors (Lipinski definition) is 4. The number of aromatic hydroxyl groups is 2. The van der Waals surface area contributed by atoms with Gasteiger partial charge in [-0.25, -0.2) is 4.79 Å². The number of nitrogens with one attached hydrogen (secondary N) is 1. The van der Waals surface area contributed by atoms with E-state index in [4.69, 9.17) is 5.11 Å². The summed E-state index contributed by atoms with van der Waals surface area (Å²) in [5.74, 6) is -2.19. The number of carbonyl (C=O) groups is 2. The van der Waals surface area contributed by atoms with Crippen LogP contribution in [-0.4, -0.2) is 27.2 Å². The molecule has 0 saturated carbocycles. The molecule has 0 aliphatic rings. The number of carbonyl (C=O) groups excluding carboxylic acids is 1. The smallest absolute Gasteiger partial charge is 0.337 e. The largest absolute Gasteiger partial charge is 0.504 e. The van der Waals surface area contributed by atoms with Crippen LogP contribution in [0.1, 0.15) is 15.9 Å². The minimum Gasteiger partial charge on any atom is -0.504 e. The summed E-state index contributed by atoms with van der Waals surface area (Å²) < 4.78 is 0.787. The van der Waals surface area contributed by atoms with Crippen molar-refractivity contribution in [3.8, 4) is 11.5 Å². The van der Waals surface area contributed by atoms with Crippen LogP contribution < -0.4 is 5.32 Å². The lowest BCUT2D eigenvalue weighted by Crippen LogP contribution is -2.12. The fraction of sp³-hybridized carbons (Fsp3) is 0. The highest BCUT2D eigenvalue weighted by atomic mass is 127. The highest BCUT2D eigenvalue weighted by molar-refractivity contribution is 14.1. The molecule has 23 heavy (non-hydrogen) atoms. The Balaban J connectivity index is 2.16. The number of rotatable bonds is 4. The van der Waals surface area contributed by atoms with Gasteiger partial charge in [0.1, 0.15) is 0 Å². The second-order valence-corrected chi connectivity index (χ2v) is 5.81. The minimum atomic E-state index is -1.14.